The first-order chi connectivity index (χ1) is 9.08. The van der Waals surface area contributed by atoms with Crippen LogP contribution in [0.4, 0.5) is 8.78 Å². The van der Waals surface area contributed by atoms with Crippen molar-refractivity contribution in [3.05, 3.63) is 58.0 Å². The van der Waals surface area contributed by atoms with Gasteiger partial charge in [-0.3, -0.25) is 0 Å². The van der Waals surface area contributed by atoms with E-state index >= 15 is 0 Å². The van der Waals surface area contributed by atoms with Crippen LogP contribution in [0.5, 0.6) is 0 Å². The van der Waals surface area contributed by atoms with Gasteiger partial charge in [-0.2, -0.15) is 0 Å². The number of nitrogens with one attached hydrogen (secondary N) is 1. The Morgan fingerprint density at radius 1 is 1.21 bits per heavy atom. The average molecular weight is 330 g/mol. The normalized spacial score (nSPS) is 12.6. The summed E-state index contributed by atoms with van der Waals surface area (Å²) >= 11 is 3.25. The molecule has 1 heterocycles. The summed E-state index contributed by atoms with van der Waals surface area (Å²) in [6, 6.07) is 7.07. The van der Waals surface area contributed by atoms with E-state index in [-0.39, 0.29) is 6.04 Å². The highest BCUT2D eigenvalue weighted by atomic mass is 79.9. The predicted molar refractivity (Wildman–Crippen MR) is 72.9 cm³/mol. The summed E-state index contributed by atoms with van der Waals surface area (Å²) in [6.07, 6.45) is 0.461. The quantitative estimate of drug-likeness (QED) is 0.888. The van der Waals surface area contributed by atoms with Crippen LogP contribution in [0.2, 0.25) is 0 Å². The monoisotopic (exact) mass is 329 g/mol. The molecule has 0 radical (unpaired) electrons. The number of rotatable bonds is 5. The average Bonchev–Trinajstić information content (AvgIpc) is 2.74. The molecule has 1 N–H and O–H groups in total. The van der Waals surface area contributed by atoms with Gasteiger partial charge < -0.3 is 9.73 Å². The summed E-state index contributed by atoms with van der Waals surface area (Å²) in [5, 5.41) is 3.24. The van der Waals surface area contributed by atoms with Gasteiger partial charge in [0.2, 0.25) is 0 Å². The Morgan fingerprint density at radius 2 is 1.89 bits per heavy atom. The lowest BCUT2D eigenvalue weighted by Gasteiger charge is -2.15. The van der Waals surface area contributed by atoms with E-state index < -0.39 is 11.6 Å². The number of benzene rings is 1. The van der Waals surface area contributed by atoms with E-state index in [2.05, 4.69) is 21.2 Å². The van der Waals surface area contributed by atoms with Crippen LogP contribution in [-0.2, 0) is 6.42 Å². The third-order valence-electron chi connectivity index (χ3n) is 2.75. The third kappa shape index (κ3) is 3.88. The van der Waals surface area contributed by atoms with Crippen LogP contribution in [0, 0.1) is 11.6 Å². The second kappa shape index (κ2) is 6.30. The molecular weight excluding hydrogens is 316 g/mol. The minimum absolute atomic E-state index is 0.113. The lowest BCUT2D eigenvalue weighted by molar-refractivity contribution is 0.404. The van der Waals surface area contributed by atoms with Gasteiger partial charge in [-0.1, -0.05) is 6.92 Å². The van der Waals surface area contributed by atoms with Gasteiger partial charge in [0.25, 0.3) is 0 Å². The van der Waals surface area contributed by atoms with Crippen molar-refractivity contribution in [1.82, 2.24) is 5.32 Å². The van der Waals surface area contributed by atoms with E-state index in [1.54, 1.807) is 6.07 Å². The first-order valence-electron chi connectivity index (χ1n) is 6.02. The Morgan fingerprint density at radius 3 is 2.42 bits per heavy atom. The van der Waals surface area contributed by atoms with Gasteiger partial charge in [0.05, 0.1) is 6.04 Å². The summed E-state index contributed by atoms with van der Waals surface area (Å²) in [4.78, 5) is 0. The molecule has 0 spiro atoms. The van der Waals surface area contributed by atoms with Crippen LogP contribution in [0.3, 0.4) is 0 Å². The molecule has 0 aliphatic rings. The number of hydrogen-bond acceptors (Lipinski definition) is 2. The zero-order valence-electron chi connectivity index (χ0n) is 10.4. The Bertz CT molecular complexity index is 536. The molecule has 1 aromatic carbocycles. The Kier molecular flexibility index (Phi) is 4.71. The molecule has 0 aliphatic heterocycles. The van der Waals surface area contributed by atoms with E-state index in [0.717, 1.165) is 18.4 Å². The number of furan rings is 1. The van der Waals surface area contributed by atoms with Crippen LogP contribution in [-0.4, -0.2) is 6.54 Å². The highest BCUT2D eigenvalue weighted by molar-refractivity contribution is 9.10. The van der Waals surface area contributed by atoms with Crippen LogP contribution in [0.25, 0.3) is 0 Å². The van der Waals surface area contributed by atoms with Gasteiger partial charge in [-0.15, -0.1) is 0 Å². The van der Waals surface area contributed by atoms with Crippen molar-refractivity contribution in [1.29, 1.82) is 0 Å². The largest absolute Gasteiger partial charge is 0.453 e. The van der Waals surface area contributed by atoms with Crippen molar-refractivity contribution in [3.63, 3.8) is 0 Å². The molecule has 0 amide bonds. The van der Waals surface area contributed by atoms with Crippen LogP contribution < -0.4 is 5.32 Å². The zero-order valence-corrected chi connectivity index (χ0v) is 12.0. The maximum absolute atomic E-state index is 13.2. The maximum Gasteiger partial charge on any atom is 0.169 e. The minimum atomic E-state index is -0.564. The Labute approximate surface area is 118 Å². The van der Waals surface area contributed by atoms with Crippen molar-refractivity contribution in [2.45, 2.75) is 19.4 Å². The van der Waals surface area contributed by atoms with Gasteiger partial charge in [-0.05, 0) is 58.7 Å². The number of hydrogen-bond donors (Lipinski definition) is 1. The highest BCUT2D eigenvalue weighted by Gasteiger charge is 2.16. The van der Waals surface area contributed by atoms with Crippen LogP contribution in [0.1, 0.15) is 24.3 Å². The van der Waals surface area contributed by atoms with Crippen LogP contribution >= 0.6 is 15.9 Å². The van der Waals surface area contributed by atoms with E-state index in [1.165, 1.54) is 12.1 Å². The molecule has 2 nitrogen and oxygen atoms in total. The molecule has 0 saturated heterocycles. The smallest absolute Gasteiger partial charge is 0.169 e. The molecule has 0 aliphatic carbocycles. The molecule has 0 fully saturated rings. The fourth-order valence-corrected chi connectivity index (χ4v) is 2.32. The highest BCUT2D eigenvalue weighted by Crippen LogP contribution is 2.24. The molecule has 2 aromatic rings. The predicted octanol–water partition coefficient (Wildman–Crippen LogP) is 4.21. The molecule has 19 heavy (non-hydrogen) atoms. The van der Waals surface area contributed by atoms with Gasteiger partial charge in [-0.25, -0.2) is 8.78 Å². The van der Waals surface area contributed by atoms with Gasteiger partial charge in [0.1, 0.15) is 17.4 Å². The second-order valence-corrected chi connectivity index (χ2v) is 5.02. The van der Waals surface area contributed by atoms with Gasteiger partial charge in [0, 0.05) is 6.07 Å². The lowest BCUT2D eigenvalue weighted by Crippen LogP contribution is -2.22. The second-order valence-electron chi connectivity index (χ2n) is 4.23. The van der Waals surface area contributed by atoms with E-state index in [1.807, 2.05) is 13.0 Å². The summed E-state index contributed by atoms with van der Waals surface area (Å²) in [7, 11) is 0. The lowest BCUT2D eigenvalue weighted by atomic mass is 10.0. The molecule has 5 heteroatoms. The summed E-state index contributed by atoms with van der Waals surface area (Å²) < 4.78 is 32.5. The van der Waals surface area contributed by atoms with Crippen molar-refractivity contribution in [3.8, 4) is 0 Å². The first kappa shape index (κ1) is 14.2. The zero-order chi connectivity index (χ0) is 13.8. The maximum atomic E-state index is 13.2. The minimum Gasteiger partial charge on any atom is -0.453 e. The third-order valence-corrected chi connectivity index (χ3v) is 3.18. The van der Waals surface area contributed by atoms with Gasteiger partial charge >= 0.3 is 0 Å². The van der Waals surface area contributed by atoms with Crippen molar-refractivity contribution in [2.24, 2.45) is 0 Å². The van der Waals surface area contributed by atoms with Crippen LogP contribution in [0.15, 0.2) is 39.4 Å². The van der Waals surface area contributed by atoms with Crippen molar-refractivity contribution >= 4 is 15.9 Å². The van der Waals surface area contributed by atoms with E-state index in [4.69, 9.17) is 4.42 Å². The summed E-state index contributed by atoms with van der Waals surface area (Å²) in [5.41, 5.74) is 0.593. The molecule has 102 valence electrons. The molecule has 0 saturated carbocycles. The standard InChI is InChI=1S/C14H14BrF2NO/c1-2-18-12(13-3-4-14(15)19-13)7-9-5-10(16)8-11(17)6-9/h3-6,8,12,18H,2,7H2,1H3. The Balaban J connectivity index is 2.20. The molecule has 1 aromatic heterocycles. The molecule has 1 atom stereocenters. The number of halogens is 3. The molecular formula is C14H14BrF2NO. The Hall–Kier alpha value is -1.20. The summed E-state index contributed by atoms with van der Waals surface area (Å²) in [5.74, 6) is -0.393. The topological polar surface area (TPSA) is 25.2 Å². The first-order valence-corrected chi connectivity index (χ1v) is 6.81. The van der Waals surface area contributed by atoms with Gasteiger partial charge in [0.15, 0.2) is 4.67 Å². The molecule has 2 rings (SSSR count). The van der Waals surface area contributed by atoms with Crippen molar-refractivity contribution in [2.75, 3.05) is 6.54 Å². The summed E-state index contributed by atoms with van der Waals surface area (Å²) in [6.45, 7) is 2.71. The number of likely N-dealkylation sites (N-methyl/N-ethyl adjacent to an activating group) is 1. The van der Waals surface area contributed by atoms with E-state index in [9.17, 15) is 8.78 Å². The molecule has 0 bridgehead atoms. The van der Waals surface area contributed by atoms with Crippen molar-refractivity contribution < 1.29 is 13.2 Å². The molecule has 1 unspecified atom stereocenters. The SMILES string of the molecule is CCNC(Cc1cc(F)cc(F)c1)c1ccc(Br)o1. The fourth-order valence-electron chi connectivity index (χ4n) is 2.00. The van der Waals surface area contributed by atoms with E-state index in [0.29, 0.717) is 16.7 Å². The fraction of sp³-hybridized carbons (Fsp3) is 0.286.